The van der Waals surface area contributed by atoms with E-state index >= 15 is 0 Å². The van der Waals surface area contributed by atoms with Crippen LogP contribution in [0.1, 0.15) is 12.5 Å². The van der Waals surface area contributed by atoms with Crippen LogP contribution in [0.3, 0.4) is 0 Å². The largest absolute Gasteiger partial charge is 0.495 e. The second-order valence-corrected chi connectivity index (χ2v) is 7.33. The van der Waals surface area contributed by atoms with Crippen LogP contribution in [0.25, 0.3) is 0 Å². The average molecular weight is 457 g/mol. The quantitative estimate of drug-likeness (QED) is 0.352. The number of halogens is 1. The molecular formula is C16H13BrN2O7S. The third-order valence-corrected chi connectivity index (χ3v) is 5.11. The van der Waals surface area contributed by atoms with E-state index in [0.29, 0.717) is 0 Å². The van der Waals surface area contributed by atoms with E-state index in [1.807, 2.05) is 6.07 Å². The van der Waals surface area contributed by atoms with Crippen molar-refractivity contribution in [2.45, 2.75) is 11.8 Å². The second kappa shape index (κ2) is 8.24. The van der Waals surface area contributed by atoms with Crippen LogP contribution in [0.4, 0.5) is 5.69 Å². The molecule has 2 aromatic carbocycles. The summed E-state index contributed by atoms with van der Waals surface area (Å²) in [6.07, 6.45) is 0. The summed E-state index contributed by atoms with van der Waals surface area (Å²) in [4.78, 5) is 9.79. The van der Waals surface area contributed by atoms with E-state index in [-0.39, 0.29) is 39.6 Å². The maximum Gasteiger partial charge on any atom is 0.343 e. The van der Waals surface area contributed by atoms with Crippen molar-refractivity contribution in [1.82, 2.24) is 0 Å². The van der Waals surface area contributed by atoms with E-state index in [2.05, 4.69) is 15.9 Å². The number of nitro groups is 1. The third-order valence-electron chi connectivity index (χ3n) is 3.26. The van der Waals surface area contributed by atoms with Gasteiger partial charge in [0.05, 0.1) is 40.8 Å². The van der Waals surface area contributed by atoms with Crippen LogP contribution in [0, 0.1) is 21.4 Å². The lowest BCUT2D eigenvalue weighted by Crippen LogP contribution is -2.13. The van der Waals surface area contributed by atoms with Crippen LogP contribution in [0.2, 0.25) is 0 Å². The molecular weight excluding hydrogens is 444 g/mol. The molecule has 0 saturated heterocycles. The molecule has 11 heteroatoms. The summed E-state index contributed by atoms with van der Waals surface area (Å²) in [6, 6.07) is 7.66. The minimum atomic E-state index is -4.42. The first-order chi connectivity index (χ1) is 12.7. The van der Waals surface area contributed by atoms with Crippen LogP contribution >= 0.6 is 15.9 Å². The summed E-state index contributed by atoms with van der Waals surface area (Å²) in [5.41, 5.74) is -0.0941. The van der Waals surface area contributed by atoms with Crippen molar-refractivity contribution in [2.24, 2.45) is 0 Å². The van der Waals surface area contributed by atoms with Crippen molar-refractivity contribution in [3.8, 4) is 23.3 Å². The van der Waals surface area contributed by atoms with Crippen molar-refractivity contribution < 1.29 is 27.0 Å². The van der Waals surface area contributed by atoms with Gasteiger partial charge in [-0.1, -0.05) is 0 Å². The Labute approximate surface area is 163 Å². The van der Waals surface area contributed by atoms with Gasteiger partial charge in [0.25, 0.3) is 5.69 Å². The Morgan fingerprint density at radius 1 is 1.26 bits per heavy atom. The Morgan fingerprint density at radius 2 is 1.96 bits per heavy atom. The molecule has 142 valence electrons. The summed E-state index contributed by atoms with van der Waals surface area (Å²) in [5, 5.41) is 19.9. The van der Waals surface area contributed by atoms with Gasteiger partial charge < -0.3 is 13.7 Å². The van der Waals surface area contributed by atoms with Gasteiger partial charge in [-0.3, -0.25) is 10.1 Å². The van der Waals surface area contributed by atoms with Crippen LogP contribution in [0.15, 0.2) is 39.7 Å². The molecule has 0 spiro atoms. The monoisotopic (exact) mass is 456 g/mol. The number of ether oxygens (including phenoxy) is 2. The second-order valence-electron chi connectivity index (χ2n) is 4.96. The number of benzene rings is 2. The van der Waals surface area contributed by atoms with Gasteiger partial charge in [-0.2, -0.15) is 13.7 Å². The fraction of sp³-hybridized carbons (Fsp3) is 0.188. The SMILES string of the molecule is CCOc1cc(C#N)cc(Br)c1OS(=O)(=O)c1ccc([N+](=O)[O-])cc1OC. The molecule has 0 bridgehead atoms. The predicted octanol–water partition coefficient (Wildman–Crippen LogP) is 3.40. The summed E-state index contributed by atoms with van der Waals surface area (Å²) < 4.78 is 41.1. The Balaban J connectivity index is 2.54. The maximum atomic E-state index is 12.7. The van der Waals surface area contributed by atoms with E-state index < -0.39 is 19.9 Å². The van der Waals surface area contributed by atoms with Crippen molar-refractivity contribution in [3.05, 3.63) is 50.5 Å². The highest BCUT2D eigenvalue weighted by Gasteiger charge is 2.27. The molecule has 0 aromatic heterocycles. The first-order valence-corrected chi connectivity index (χ1v) is 9.57. The van der Waals surface area contributed by atoms with E-state index in [1.54, 1.807) is 6.92 Å². The molecule has 0 unspecified atom stereocenters. The average Bonchev–Trinajstić information content (AvgIpc) is 2.63. The number of nitriles is 1. The molecule has 0 aliphatic heterocycles. The Bertz CT molecular complexity index is 1030. The minimum Gasteiger partial charge on any atom is -0.495 e. The molecule has 0 N–H and O–H groups in total. The minimum absolute atomic E-state index is 0.0490. The number of nitro benzene ring substituents is 1. The van der Waals surface area contributed by atoms with Crippen LogP contribution in [0.5, 0.6) is 17.2 Å². The molecule has 0 amide bonds. The molecule has 0 atom stereocenters. The summed E-state index contributed by atoms with van der Waals surface area (Å²) in [7, 11) is -3.24. The molecule has 0 fully saturated rings. The lowest BCUT2D eigenvalue weighted by molar-refractivity contribution is -0.385. The Morgan fingerprint density at radius 3 is 2.52 bits per heavy atom. The first-order valence-electron chi connectivity index (χ1n) is 7.36. The van der Waals surface area contributed by atoms with E-state index in [4.69, 9.17) is 18.9 Å². The lowest BCUT2D eigenvalue weighted by Gasteiger charge is -2.15. The van der Waals surface area contributed by atoms with Crippen LogP contribution < -0.4 is 13.7 Å². The molecule has 0 radical (unpaired) electrons. The number of rotatable bonds is 7. The van der Waals surface area contributed by atoms with Crippen LogP contribution in [-0.2, 0) is 10.1 Å². The molecule has 0 heterocycles. The Kier molecular flexibility index (Phi) is 6.24. The fourth-order valence-electron chi connectivity index (χ4n) is 2.11. The van der Waals surface area contributed by atoms with E-state index in [1.165, 1.54) is 19.2 Å². The molecule has 27 heavy (non-hydrogen) atoms. The number of hydrogen-bond donors (Lipinski definition) is 0. The molecule has 0 aliphatic carbocycles. The molecule has 0 saturated carbocycles. The van der Waals surface area contributed by atoms with Crippen molar-refractivity contribution >= 4 is 31.7 Å². The van der Waals surface area contributed by atoms with E-state index in [9.17, 15) is 18.5 Å². The van der Waals surface area contributed by atoms with Gasteiger partial charge in [-0.15, -0.1) is 0 Å². The number of methoxy groups -OCH3 is 1. The molecule has 2 aromatic rings. The molecule has 2 rings (SSSR count). The van der Waals surface area contributed by atoms with Gasteiger partial charge in [0.15, 0.2) is 11.5 Å². The van der Waals surface area contributed by atoms with Gasteiger partial charge >= 0.3 is 10.1 Å². The Hall–Kier alpha value is -2.84. The van der Waals surface area contributed by atoms with Gasteiger partial charge in [0.1, 0.15) is 10.6 Å². The molecule has 0 aliphatic rings. The van der Waals surface area contributed by atoms with Crippen LogP contribution in [-0.4, -0.2) is 27.1 Å². The topological polar surface area (TPSA) is 129 Å². The zero-order valence-electron chi connectivity index (χ0n) is 14.1. The number of non-ortho nitro benzene ring substituents is 1. The summed E-state index contributed by atoms with van der Waals surface area (Å²) in [6.45, 7) is 1.89. The van der Waals surface area contributed by atoms with Gasteiger partial charge in [-0.05, 0) is 35.0 Å². The summed E-state index contributed by atoms with van der Waals surface area (Å²) in [5.74, 6) is -0.351. The highest BCUT2D eigenvalue weighted by molar-refractivity contribution is 9.10. The maximum absolute atomic E-state index is 12.7. The van der Waals surface area contributed by atoms with Gasteiger partial charge in [0, 0.05) is 12.1 Å². The zero-order valence-corrected chi connectivity index (χ0v) is 16.5. The zero-order chi connectivity index (χ0) is 20.2. The molecule has 9 nitrogen and oxygen atoms in total. The van der Waals surface area contributed by atoms with Gasteiger partial charge in [0.2, 0.25) is 0 Å². The third kappa shape index (κ3) is 4.47. The first kappa shape index (κ1) is 20.5. The van der Waals surface area contributed by atoms with Crippen molar-refractivity contribution in [1.29, 1.82) is 5.26 Å². The number of nitrogens with zero attached hydrogens (tertiary/aromatic N) is 2. The van der Waals surface area contributed by atoms with Crippen molar-refractivity contribution in [3.63, 3.8) is 0 Å². The smallest absolute Gasteiger partial charge is 0.343 e. The lowest BCUT2D eigenvalue weighted by atomic mass is 10.2. The summed E-state index contributed by atoms with van der Waals surface area (Å²) >= 11 is 3.16. The van der Waals surface area contributed by atoms with E-state index in [0.717, 1.165) is 18.2 Å². The fourth-order valence-corrected chi connectivity index (χ4v) is 3.84. The standard InChI is InChI=1S/C16H13BrN2O7S/c1-3-25-14-7-10(9-18)6-12(17)16(14)26-27(22,23)15-5-4-11(19(20)21)8-13(15)24-2/h4-8H,3H2,1-2H3. The highest BCUT2D eigenvalue weighted by Crippen LogP contribution is 2.40. The van der Waals surface area contributed by atoms with Gasteiger partial charge in [-0.25, -0.2) is 0 Å². The highest BCUT2D eigenvalue weighted by atomic mass is 79.9. The number of hydrogen-bond acceptors (Lipinski definition) is 8. The predicted molar refractivity (Wildman–Crippen MR) is 97.5 cm³/mol. The normalized spacial score (nSPS) is 10.7. The van der Waals surface area contributed by atoms with Crippen molar-refractivity contribution in [2.75, 3.05) is 13.7 Å².